The van der Waals surface area contributed by atoms with E-state index in [-0.39, 0.29) is 12.3 Å². The van der Waals surface area contributed by atoms with Gasteiger partial charge >= 0.3 is 0 Å². The lowest BCUT2D eigenvalue weighted by Crippen LogP contribution is -2.18. The zero-order valence-electron chi connectivity index (χ0n) is 12.5. The molecule has 0 fully saturated rings. The van der Waals surface area contributed by atoms with Gasteiger partial charge in [-0.3, -0.25) is 10.1 Å². The molecule has 0 aliphatic rings. The summed E-state index contributed by atoms with van der Waals surface area (Å²) in [5, 5.41) is 26.7. The number of nitrogens with one attached hydrogen (secondary N) is 2. The van der Waals surface area contributed by atoms with Crippen LogP contribution in [-0.2, 0) is 4.74 Å². The van der Waals surface area contributed by atoms with E-state index < -0.39 is 11.0 Å². The van der Waals surface area contributed by atoms with Gasteiger partial charge in [0.2, 0.25) is 0 Å². The fraction of sp³-hybridized carbons (Fsp3) is 0.571. The van der Waals surface area contributed by atoms with E-state index in [4.69, 9.17) is 4.74 Å². The van der Waals surface area contributed by atoms with Gasteiger partial charge in [0, 0.05) is 43.7 Å². The van der Waals surface area contributed by atoms with Gasteiger partial charge in [-0.2, -0.15) is 0 Å². The Labute approximate surface area is 124 Å². The van der Waals surface area contributed by atoms with Crippen LogP contribution in [0, 0.1) is 10.1 Å². The van der Waals surface area contributed by atoms with Crippen molar-refractivity contribution < 1.29 is 14.8 Å². The van der Waals surface area contributed by atoms with Gasteiger partial charge in [0.1, 0.15) is 0 Å². The van der Waals surface area contributed by atoms with Gasteiger partial charge in [-0.25, -0.2) is 0 Å². The largest absolute Gasteiger partial charge is 0.391 e. The second-order valence-electron chi connectivity index (χ2n) is 4.78. The number of nitro groups is 1. The molecule has 0 saturated carbocycles. The third-order valence-electron chi connectivity index (χ3n) is 2.87. The summed E-state index contributed by atoms with van der Waals surface area (Å²) < 4.78 is 4.84. The van der Waals surface area contributed by atoms with E-state index in [1.165, 1.54) is 19.2 Å². The summed E-state index contributed by atoms with van der Waals surface area (Å²) in [4.78, 5) is 10.5. The molecule has 21 heavy (non-hydrogen) atoms. The standard InChI is InChI=1S/C14H23N3O4/c1-3-5-15-11-7-12(9-13(8-11)17(19)20)16-6-4-14(18)10-21-2/h7-9,14-16,18H,3-6,10H2,1-2H3. The fourth-order valence-electron chi connectivity index (χ4n) is 1.85. The van der Waals surface area contributed by atoms with Crippen molar-refractivity contribution in [3.63, 3.8) is 0 Å². The van der Waals surface area contributed by atoms with Crippen LogP contribution in [0.5, 0.6) is 0 Å². The zero-order valence-corrected chi connectivity index (χ0v) is 12.5. The number of ether oxygens (including phenoxy) is 1. The average Bonchev–Trinajstić information content (AvgIpc) is 2.45. The Morgan fingerprint density at radius 2 is 1.90 bits per heavy atom. The summed E-state index contributed by atoms with van der Waals surface area (Å²) in [6.45, 7) is 3.58. The van der Waals surface area contributed by atoms with Gasteiger partial charge in [0.05, 0.1) is 17.6 Å². The van der Waals surface area contributed by atoms with E-state index >= 15 is 0 Å². The summed E-state index contributed by atoms with van der Waals surface area (Å²) in [5.74, 6) is 0. The Morgan fingerprint density at radius 1 is 1.29 bits per heavy atom. The average molecular weight is 297 g/mol. The third-order valence-corrected chi connectivity index (χ3v) is 2.87. The number of nitrogens with zero attached hydrogens (tertiary/aromatic N) is 1. The molecule has 0 aliphatic heterocycles. The molecule has 0 aromatic heterocycles. The Bertz CT molecular complexity index is 454. The monoisotopic (exact) mass is 297 g/mol. The molecule has 0 spiro atoms. The number of hydrogen-bond donors (Lipinski definition) is 3. The number of rotatable bonds is 10. The number of hydrogen-bond acceptors (Lipinski definition) is 6. The molecule has 1 aromatic carbocycles. The van der Waals surface area contributed by atoms with E-state index in [0.717, 1.165) is 13.0 Å². The number of benzene rings is 1. The first-order chi connectivity index (χ1) is 10.1. The van der Waals surface area contributed by atoms with Crippen molar-refractivity contribution in [3.8, 4) is 0 Å². The number of aliphatic hydroxyl groups excluding tert-OH is 1. The summed E-state index contributed by atoms with van der Waals surface area (Å²) in [7, 11) is 1.53. The minimum atomic E-state index is -0.543. The molecule has 0 aliphatic carbocycles. The smallest absolute Gasteiger partial charge is 0.273 e. The van der Waals surface area contributed by atoms with Crippen molar-refractivity contribution in [2.24, 2.45) is 0 Å². The predicted octanol–water partition coefficient (Wildman–Crippen LogP) is 2.23. The Morgan fingerprint density at radius 3 is 2.43 bits per heavy atom. The Balaban J connectivity index is 2.66. The lowest BCUT2D eigenvalue weighted by molar-refractivity contribution is -0.384. The maximum Gasteiger partial charge on any atom is 0.273 e. The maximum absolute atomic E-state index is 10.9. The molecule has 0 heterocycles. The van der Waals surface area contributed by atoms with Crippen molar-refractivity contribution in [1.29, 1.82) is 0 Å². The van der Waals surface area contributed by atoms with Crippen LogP contribution in [0.4, 0.5) is 17.1 Å². The first kappa shape index (κ1) is 17.2. The zero-order chi connectivity index (χ0) is 15.7. The molecule has 1 rings (SSSR count). The number of aliphatic hydroxyl groups is 1. The van der Waals surface area contributed by atoms with Crippen molar-refractivity contribution in [3.05, 3.63) is 28.3 Å². The normalized spacial score (nSPS) is 12.0. The van der Waals surface area contributed by atoms with Gasteiger partial charge in [-0.15, -0.1) is 0 Å². The Kier molecular flexibility index (Phi) is 7.49. The highest BCUT2D eigenvalue weighted by atomic mass is 16.6. The first-order valence-electron chi connectivity index (χ1n) is 7.01. The first-order valence-corrected chi connectivity index (χ1v) is 7.01. The molecule has 1 unspecified atom stereocenters. The molecule has 0 amide bonds. The van der Waals surface area contributed by atoms with Crippen LogP contribution in [0.2, 0.25) is 0 Å². The highest BCUT2D eigenvalue weighted by molar-refractivity contribution is 5.63. The van der Waals surface area contributed by atoms with Crippen molar-refractivity contribution in [2.75, 3.05) is 37.4 Å². The number of nitro benzene ring substituents is 1. The number of anilines is 2. The van der Waals surface area contributed by atoms with Crippen LogP contribution in [0.3, 0.4) is 0 Å². The fourth-order valence-corrected chi connectivity index (χ4v) is 1.85. The van der Waals surface area contributed by atoms with Gasteiger partial charge in [-0.05, 0) is 18.9 Å². The van der Waals surface area contributed by atoms with Crippen molar-refractivity contribution >= 4 is 17.1 Å². The molecule has 118 valence electrons. The van der Waals surface area contributed by atoms with Gasteiger partial charge in [0.15, 0.2) is 0 Å². The second kappa shape index (κ2) is 9.15. The number of methoxy groups -OCH3 is 1. The highest BCUT2D eigenvalue weighted by Gasteiger charge is 2.10. The maximum atomic E-state index is 10.9. The summed E-state index contributed by atoms with van der Waals surface area (Å²) in [5.41, 5.74) is 1.41. The topological polar surface area (TPSA) is 96.7 Å². The SMILES string of the molecule is CCCNc1cc(NCCC(O)COC)cc([N+](=O)[O-])c1. The number of non-ortho nitro benzene ring substituents is 1. The van der Waals surface area contributed by atoms with E-state index in [1.807, 2.05) is 13.0 Å². The summed E-state index contributed by atoms with van der Waals surface area (Å²) >= 11 is 0. The van der Waals surface area contributed by atoms with Crippen molar-refractivity contribution in [1.82, 2.24) is 0 Å². The summed E-state index contributed by atoms with van der Waals surface area (Å²) in [6.07, 6.45) is 0.905. The molecule has 7 heteroatoms. The second-order valence-corrected chi connectivity index (χ2v) is 4.78. The molecule has 0 bridgehead atoms. The van der Waals surface area contributed by atoms with Crippen LogP contribution < -0.4 is 10.6 Å². The molecule has 3 N–H and O–H groups in total. The minimum absolute atomic E-state index is 0.0380. The molecular formula is C14H23N3O4. The molecular weight excluding hydrogens is 274 g/mol. The quantitative estimate of drug-likeness (QED) is 0.452. The van der Waals surface area contributed by atoms with Crippen LogP contribution in [-0.4, -0.2) is 42.9 Å². The minimum Gasteiger partial charge on any atom is -0.391 e. The third kappa shape index (κ3) is 6.42. The van der Waals surface area contributed by atoms with Gasteiger partial charge in [0.25, 0.3) is 5.69 Å². The van der Waals surface area contributed by atoms with Crippen molar-refractivity contribution in [2.45, 2.75) is 25.9 Å². The van der Waals surface area contributed by atoms with Crippen LogP contribution in [0.1, 0.15) is 19.8 Å². The lowest BCUT2D eigenvalue weighted by atomic mass is 10.2. The van der Waals surface area contributed by atoms with Gasteiger partial charge in [-0.1, -0.05) is 6.92 Å². The van der Waals surface area contributed by atoms with Crippen LogP contribution in [0.15, 0.2) is 18.2 Å². The summed E-state index contributed by atoms with van der Waals surface area (Å²) in [6, 6.07) is 4.83. The predicted molar refractivity (Wildman–Crippen MR) is 82.9 cm³/mol. The van der Waals surface area contributed by atoms with Crippen LogP contribution >= 0.6 is 0 Å². The lowest BCUT2D eigenvalue weighted by Gasteiger charge is -2.12. The van der Waals surface area contributed by atoms with Crippen LogP contribution in [0.25, 0.3) is 0 Å². The van der Waals surface area contributed by atoms with E-state index in [1.54, 1.807) is 0 Å². The van der Waals surface area contributed by atoms with E-state index in [0.29, 0.717) is 24.3 Å². The molecule has 1 atom stereocenters. The van der Waals surface area contributed by atoms with E-state index in [9.17, 15) is 15.2 Å². The molecule has 1 aromatic rings. The molecule has 7 nitrogen and oxygen atoms in total. The molecule has 0 saturated heterocycles. The highest BCUT2D eigenvalue weighted by Crippen LogP contribution is 2.24. The Hall–Kier alpha value is -1.86. The van der Waals surface area contributed by atoms with Gasteiger partial charge < -0.3 is 20.5 Å². The van der Waals surface area contributed by atoms with E-state index in [2.05, 4.69) is 10.6 Å². The molecule has 0 radical (unpaired) electrons.